The van der Waals surface area contributed by atoms with Crippen molar-refractivity contribution in [3.8, 4) is 0 Å². The average Bonchev–Trinajstić information content (AvgIpc) is 2.68. The molecule has 0 bridgehead atoms. The fourth-order valence-electron chi connectivity index (χ4n) is 3.32. The van der Waals surface area contributed by atoms with Crippen molar-refractivity contribution >= 4 is 45.9 Å². The topological polar surface area (TPSA) is 42.9 Å². The van der Waals surface area contributed by atoms with Gasteiger partial charge in [0.05, 0.1) is 0 Å². The van der Waals surface area contributed by atoms with E-state index in [2.05, 4.69) is 55.2 Å². The predicted octanol–water partition coefficient (Wildman–Crippen LogP) is 3.33. The van der Waals surface area contributed by atoms with Gasteiger partial charge in [-0.05, 0) is 44.0 Å². The number of likely N-dealkylation sites (N-methyl/N-ethyl adjacent to an activating group) is 1. The molecule has 2 rings (SSSR count). The van der Waals surface area contributed by atoms with Crippen molar-refractivity contribution in [2.45, 2.75) is 32.7 Å². The van der Waals surface area contributed by atoms with Crippen molar-refractivity contribution in [2.75, 3.05) is 52.9 Å². The zero-order chi connectivity index (χ0) is 19.6. The molecule has 5 nitrogen and oxygen atoms in total. The Morgan fingerprint density at radius 1 is 1.25 bits per heavy atom. The first kappa shape index (κ1) is 25.6. The van der Waals surface area contributed by atoms with Crippen LogP contribution in [0.3, 0.4) is 0 Å². The van der Waals surface area contributed by atoms with Crippen LogP contribution in [0.4, 0.5) is 4.39 Å². The number of nitrogens with one attached hydrogen (secondary N) is 2. The third-order valence-electron chi connectivity index (χ3n) is 5.20. The Bertz CT molecular complexity index is 608. The maximum absolute atomic E-state index is 13.8. The highest BCUT2D eigenvalue weighted by atomic mass is 127. The van der Waals surface area contributed by atoms with E-state index in [0.717, 1.165) is 68.2 Å². The molecule has 1 atom stereocenters. The highest BCUT2D eigenvalue weighted by Gasteiger charge is 2.20. The zero-order valence-electron chi connectivity index (χ0n) is 17.2. The van der Waals surface area contributed by atoms with Crippen molar-refractivity contribution in [1.29, 1.82) is 0 Å². The van der Waals surface area contributed by atoms with Crippen molar-refractivity contribution in [2.24, 2.45) is 4.99 Å². The molecule has 0 aromatic heterocycles. The molecule has 0 aliphatic carbocycles. The molecule has 1 aliphatic heterocycles. The lowest BCUT2D eigenvalue weighted by Crippen LogP contribution is -2.53. The Labute approximate surface area is 194 Å². The molecule has 0 saturated carbocycles. The second-order valence-electron chi connectivity index (χ2n) is 7.04. The van der Waals surface area contributed by atoms with E-state index in [1.165, 1.54) is 6.07 Å². The number of aryl methyl sites for hydroxylation is 1. The van der Waals surface area contributed by atoms with E-state index >= 15 is 0 Å². The summed E-state index contributed by atoms with van der Waals surface area (Å²) in [6.45, 7) is 11.8. The summed E-state index contributed by atoms with van der Waals surface area (Å²) in [6, 6.07) is 5.71. The lowest BCUT2D eigenvalue weighted by molar-refractivity contribution is 0.107. The molecule has 8 heteroatoms. The molecule has 0 spiro atoms. The van der Waals surface area contributed by atoms with Gasteiger partial charge in [0.2, 0.25) is 0 Å². The van der Waals surface area contributed by atoms with E-state index in [4.69, 9.17) is 0 Å². The molecule has 1 aromatic carbocycles. The number of guanidine groups is 1. The fourth-order valence-corrected chi connectivity index (χ4v) is 3.66. The first-order chi connectivity index (χ1) is 13.0. The Morgan fingerprint density at radius 2 is 1.96 bits per heavy atom. The number of hydrogen-bond acceptors (Lipinski definition) is 3. The summed E-state index contributed by atoms with van der Waals surface area (Å²) in [4.78, 5) is 9.31. The van der Waals surface area contributed by atoms with Gasteiger partial charge in [-0.2, -0.15) is 0 Å². The molecule has 1 aromatic rings. The second-order valence-corrected chi connectivity index (χ2v) is 7.95. The third-order valence-corrected chi connectivity index (χ3v) is 5.69. The van der Waals surface area contributed by atoms with E-state index in [0.29, 0.717) is 12.5 Å². The molecular weight excluding hydrogens is 536 g/mol. The number of rotatable bonds is 8. The Balaban J connectivity index is 0.00000392. The predicted molar refractivity (Wildman–Crippen MR) is 130 cm³/mol. The molecule has 0 amide bonds. The van der Waals surface area contributed by atoms with Gasteiger partial charge in [-0.1, -0.05) is 28.9 Å². The maximum atomic E-state index is 13.8. The summed E-state index contributed by atoms with van der Waals surface area (Å²) in [5.74, 6) is 0.661. The molecule has 0 radical (unpaired) electrons. The molecule has 1 unspecified atom stereocenters. The molecule has 160 valence electrons. The van der Waals surface area contributed by atoms with Crippen LogP contribution < -0.4 is 10.6 Å². The molecule has 1 saturated heterocycles. The monoisotopic (exact) mass is 569 g/mol. The highest BCUT2D eigenvalue weighted by molar-refractivity contribution is 14.0. The normalized spacial score (nSPS) is 17.1. The third kappa shape index (κ3) is 8.51. The second kappa shape index (κ2) is 13.7. The van der Waals surface area contributed by atoms with Crippen LogP contribution in [-0.2, 0) is 6.42 Å². The van der Waals surface area contributed by atoms with Crippen LogP contribution in [0.2, 0.25) is 0 Å². The SMILES string of the molecule is CCN1CCN(C(C)CNC(=NC)NCCCc2ccc(Br)cc2F)CC1.I. The minimum absolute atomic E-state index is 0. The summed E-state index contributed by atoms with van der Waals surface area (Å²) in [6.07, 6.45) is 1.56. The Hall–Kier alpha value is -0.450. The van der Waals surface area contributed by atoms with Crippen LogP contribution in [0, 0.1) is 5.82 Å². The van der Waals surface area contributed by atoms with Crippen LogP contribution in [0.1, 0.15) is 25.8 Å². The largest absolute Gasteiger partial charge is 0.356 e. The molecule has 1 fully saturated rings. The average molecular weight is 570 g/mol. The number of nitrogens with zero attached hydrogens (tertiary/aromatic N) is 3. The fraction of sp³-hybridized carbons (Fsp3) is 0.650. The molecule has 28 heavy (non-hydrogen) atoms. The van der Waals surface area contributed by atoms with Gasteiger partial charge < -0.3 is 15.5 Å². The van der Waals surface area contributed by atoms with Gasteiger partial charge in [-0.3, -0.25) is 9.89 Å². The van der Waals surface area contributed by atoms with Gasteiger partial charge in [0.1, 0.15) is 5.82 Å². The molecule has 1 heterocycles. The van der Waals surface area contributed by atoms with Crippen molar-refractivity contribution in [3.05, 3.63) is 34.1 Å². The van der Waals surface area contributed by atoms with E-state index in [1.54, 1.807) is 7.05 Å². The molecular formula is C20H34BrFIN5. The number of aliphatic imine (C=N–C) groups is 1. The van der Waals surface area contributed by atoms with E-state index in [1.807, 2.05) is 12.1 Å². The van der Waals surface area contributed by atoms with Crippen LogP contribution in [0.5, 0.6) is 0 Å². The van der Waals surface area contributed by atoms with Crippen LogP contribution in [-0.4, -0.2) is 74.7 Å². The number of benzene rings is 1. The van der Waals surface area contributed by atoms with Gasteiger partial charge in [0, 0.05) is 56.8 Å². The maximum Gasteiger partial charge on any atom is 0.191 e. The van der Waals surface area contributed by atoms with Crippen LogP contribution in [0.15, 0.2) is 27.7 Å². The van der Waals surface area contributed by atoms with Crippen molar-refractivity contribution < 1.29 is 4.39 Å². The van der Waals surface area contributed by atoms with E-state index in [9.17, 15) is 4.39 Å². The standard InChI is InChI=1S/C20H33BrFN5.HI/c1-4-26-10-12-27(13-11-26)16(2)15-25-20(23-3)24-9-5-6-17-7-8-18(21)14-19(17)22;/h7-8,14,16H,4-6,9-13,15H2,1-3H3,(H2,23,24,25);1H. The zero-order valence-corrected chi connectivity index (χ0v) is 21.1. The molecule has 2 N–H and O–H groups in total. The van der Waals surface area contributed by atoms with Crippen LogP contribution >= 0.6 is 39.9 Å². The first-order valence-electron chi connectivity index (χ1n) is 9.88. The lowest BCUT2D eigenvalue weighted by atomic mass is 10.1. The summed E-state index contributed by atoms with van der Waals surface area (Å²) in [5, 5.41) is 6.74. The quantitative estimate of drug-likeness (QED) is 0.218. The van der Waals surface area contributed by atoms with Gasteiger partial charge >= 0.3 is 0 Å². The van der Waals surface area contributed by atoms with Gasteiger partial charge in [0.25, 0.3) is 0 Å². The van der Waals surface area contributed by atoms with Crippen molar-refractivity contribution in [1.82, 2.24) is 20.4 Å². The summed E-state index contributed by atoms with van der Waals surface area (Å²) in [7, 11) is 1.79. The van der Waals surface area contributed by atoms with Gasteiger partial charge in [-0.15, -0.1) is 24.0 Å². The number of halogens is 3. The highest BCUT2D eigenvalue weighted by Crippen LogP contribution is 2.16. The molecule has 1 aliphatic rings. The minimum atomic E-state index is -0.149. The van der Waals surface area contributed by atoms with Gasteiger partial charge in [0.15, 0.2) is 5.96 Å². The Morgan fingerprint density at radius 3 is 2.57 bits per heavy atom. The summed E-state index contributed by atoms with van der Waals surface area (Å²) >= 11 is 3.29. The van der Waals surface area contributed by atoms with E-state index in [-0.39, 0.29) is 29.8 Å². The minimum Gasteiger partial charge on any atom is -0.356 e. The summed E-state index contributed by atoms with van der Waals surface area (Å²) < 4.78 is 14.6. The van der Waals surface area contributed by atoms with Crippen LogP contribution in [0.25, 0.3) is 0 Å². The van der Waals surface area contributed by atoms with E-state index < -0.39 is 0 Å². The van der Waals surface area contributed by atoms with Crippen molar-refractivity contribution in [3.63, 3.8) is 0 Å². The number of piperazine rings is 1. The lowest BCUT2D eigenvalue weighted by Gasteiger charge is -2.37. The summed E-state index contributed by atoms with van der Waals surface area (Å²) in [5.41, 5.74) is 0.753. The Kier molecular flexibility index (Phi) is 12.5. The first-order valence-corrected chi connectivity index (χ1v) is 10.7. The van der Waals surface area contributed by atoms with Gasteiger partial charge in [-0.25, -0.2) is 4.39 Å². The smallest absolute Gasteiger partial charge is 0.191 e. The number of hydrogen-bond donors (Lipinski definition) is 2.